The van der Waals surface area contributed by atoms with Crippen LogP contribution in [0.2, 0.25) is 0 Å². The smallest absolute Gasteiger partial charge is 0.224 e. The van der Waals surface area contributed by atoms with Crippen molar-refractivity contribution in [1.82, 2.24) is 9.88 Å². The van der Waals surface area contributed by atoms with Crippen LogP contribution in [0.5, 0.6) is 0 Å². The lowest BCUT2D eigenvalue weighted by Gasteiger charge is -2.34. The van der Waals surface area contributed by atoms with Crippen molar-refractivity contribution in [2.45, 2.75) is 6.42 Å². The molecule has 1 amide bonds. The van der Waals surface area contributed by atoms with Gasteiger partial charge in [0.15, 0.2) is 5.13 Å². The molecule has 0 aliphatic carbocycles. The zero-order chi connectivity index (χ0) is 15.2. The second kappa shape index (κ2) is 7.26. The first-order chi connectivity index (χ1) is 10.8. The van der Waals surface area contributed by atoms with Crippen LogP contribution in [0.25, 0.3) is 0 Å². The van der Waals surface area contributed by atoms with Crippen LogP contribution >= 0.6 is 11.3 Å². The normalized spacial score (nSPS) is 14.9. The maximum Gasteiger partial charge on any atom is 0.224 e. The summed E-state index contributed by atoms with van der Waals surface area (Å²) in [5.74, 6) is 0.224. The van der Waals surface area contributed by atoms with E-state index in [0.29, 0.717) is 13.0 Å². The molecule has 1 aromatic carbocycles. The number of para-hydroxylation sites is 1. The van der Waals surface area contributed by atoms with Crippen LogP contribution in [-0.4, -0.2) is 48.5 Å². The summed E-state index contributed by atoms with van der Waals surface area (Å²) in [7, 11) is 0. The van der Waals surface area contributed by atoms with E-state index in [4.69, 9.17) is 0 Å². The molecule has 116 valence electrons. The Hall–Kier alpha value is -2.08. The van der Waals surface area contributed by atoms with E-state index in [1.54, 1.807) is 11.3 Å². The highest BCUT2D eigenvalue weighted by molar-refractivity contribution is 7.13. The number of aromatic nitrogens is 1. The average Bonchev–Trinajstić information content (AvgIpc) is 3.10. The molecule has 5 nitrogen and oxygen atoms in total. The van der Waals surface area contributed by atoms with Gasteiger partial charge in [0, 0.05) is 56.4 Å². The third-order valence-electron chi connectivity index (χ3n) is 3.76. The number of amides is 1. The molecule has 22 heavy (non-hydrogen) atoms. The Morgan fingerprint density at radius 2 is 1.95 bits per heavy atom. The minimum atomic E-state index is 0.224. The molecule has 1 aliphatic rings. The van der Waals surface area contributed by atoms with Crippen molar-refractivity contribution >= 4 is 28.1 Å². The summed E-state index contributed by atoms with van der Waals surface area (Å²) in [6.07, 6.45) is 2.36. The highest BCUT2D eigenvalue weighted by atomic mass is 32.1. The van der Waals surface area contributed by atoms with Gasteiger partial charge < -0.3 is 15.1 Å². The van der Waals surface area contributed by atoms with Gasteiger partial charge in [-0.25, -0.2) is 4.98 Å². The van der Waals surface area contributed by atoms with Crippen molar-refractivity contribution in [3.05, 3.63) is 41.9 Å². The quantitative estimate of drug-likeness (QED) is 0.919. The number of piperazine rings is 1. The van der Waals surface area contributed by atoms with Crippen molar-refractivity contribution in [2.24, 2.45) is 0 Å². The number of carbonyl (C=O) groups excluding carboxylic acids is 1. The Morgan fingerprint density at radius 3 is 2.64 bits per heavy atom. The molecule has 0 atom stereocenters. The van der Waals surface area contributed by atoms with Gasteiger partial charge in [-0.1, -0.05) is 18.2 Å². The number of anilines is 2. The Bertz CT molecular complexity index is 579. The molecule has 0 unspecified atom stereocenters. The fourth-order valence-corrected chi connectivity index (χ4v) is 3.24. The highest BCUT2D eigenvalue weighted by Crippen LogP contribution is 2.19. The molecule has 1 aliphatic heterocycles. The van der Waals surface area contributed by atoms with Gasteiger partial charge in [-0.2, -0.15) is 0 Å². The van der Waals surface area contributed by atoms with Crippen LogP contribution in [0.3, 0.4) is 0 Å². The summed E-state index contributed by atoms with van der Waals surface area (Å²) < 4.78 is 0. The van der Waals surface area contributed by atoms with Crippen LogP contribution < -0.4 is 10.2 Å². The van der Waals surface area contributed by atoms with Gasteiger partial charge in [-0.15, -0.1) is 11.3 Å². The van der Waals surface area contributed by atoms with Crippen molar-refractivity contribution in [3.8, 4) is 0 Å². The summed E-state index contributed by atoms with van der Waals surface area (Å²) >= 11 is 1.65. The molecule has 1 fully saturated rings. The molecule has 3 rings (SSSR count). The molecule has 1 N–H and O–H groups in total. The highest BCUT2D eigenvalue weighted by Gasteiger charge is 2.21. The fraction of sp³-hybridized carbons (Fsp3) is 0.375. The summed E-state index contributed by atoms with van der Waals surface area (Å²) in [6, 6.07) is 9.98. The topological polar surface area (TPSA) is 48.5 Å². The second-order valence-corrected chi connectivity index (χ2v) is 6.10. The minimum absolute atomic E-state index is 0.224. The number of nitrogens with one attached hydrogen (secondary N) is 1. The van der Waals surface area contributed by atoms with Crippen molar-refractivity contribution < 1.29 is 4.79 Å². The van der Waals surface area contributed by atoms with E-state index < -0.39 is 0 Å². The second-order valence-electron chi connectivity index (χ2n) is 5.23. The van der Waals surface area contributed by atoms with Gasteiger partial charge in [-0.05, 0) is 12.1 Å². The number of carbonyl (C=O) groups is 1. The van der Waals surface area contributed by atoms with Gasteiger partial charge in [0.2, 0.25) is 5.91 Å². The predicted octanol–water partition coefficient (Wildman–Crippen LogP) is 2.29. The standard InChI is InChI=1S/C16H20N4OS/c21-15(6-7-17-14-4-2-1-3-5-14)19-9-11-20(12-10-19)16-18-8-13-22-16/h1-5,8,13,17H,6-7,9-12H2. The lowest BCUT2D eigenvalue weighted by Crippen LogP contribution is -2.49. The van der Waals surface area contributed by atoms with Gasteiger partial charge in [-0.3, -0.25) is 4.79 Å². The largest absolute Gasteiger partial charge is 0.385 e. The molecule has 2 aromatic rings. The van der Waals surface area contributed by atoms with E-state index in [1.807, 2.05) is 46.8 Å². The van der Waals surface area contributed by atoms with E-state index >= 15 is 0 Å². The molecule has 0 spiro atoms. The summed E-state index contributed by atoms with van der Waals surface area (Å²) in [5, 5.41) is 6.32. The molecule has 6 heteroatoms. The Balaban J connectivity index is 1.40. The van der Waals surface area contributed by atoms with Gasteiger partial charge >= 0.3 is 0 Å². The lowest BCUT2D eigenvalue weighted by molar-refractivity contribution is -0.131. The number of thiazole rings is 1. The van der Waals surface area contributed by atoms with Crippen molar-refractivity contribution in [2.75, 3.05) is 42.9 Å². The molecular weight excluding hydrogens is 296 g/mol. The SMILES string of the molecule is O=C(CCNc1ccccc1)N1CCN(c2nccs2)CC1. The molecule has 0 bridgehead atoms. The van der Waals surface area contributed by atoms with E-state index in [2.05, 4.69) is 15.2 Å². The number of hydrogen-bond acceptors (Lipinski definition) is 5. The minimum Gasteiger partial charge on any atom is -0.385 e. The fourth-order valence-electron chi connectivity index (χ4n) is 2.55. The Kier molecular flexibility index (Phi) is 4.90. The van der Waals surface area contributed by atoms with Crippen LogP contribution in [0, 0.1) is 0 Å². The molecular formula is C16H20N4OS. The summed E-state index contributed by atoms with van der Waals surface area (Å²) in [4.78, 5) is 20.8. The zero-order valence-electron chi connectivity index (χ0n) is 12.4. The molecule has 2 heterocycles. The van der Waals surface area contributed by atoms with E-state index in [-0.39, 0.29) is 5.91 Å². The third-order valence-corrected chi connectivity index (χ3v) is 4.60. The number of nitrogens with zero attached hydrogens (tertiary/aromatic N) is 3. The zero-order valence-corrected chi connectivity index (χ0v) is 13.3. The maximum absolute atomic E-state index is 12.2. The molecule has 1 saturated heterocycles. The van der Waals surface area contributed by atoms with Crippen LogP contribution in [0.1, 0.15) is 6.42 Å². The molecule has 0 radical (unpaired) electrons. The number of rotatable bonds is 5. The maximum atomic E-state index is 12.2. The molecule has 0 saturated carbocycles. The summed E-state index contributed by atoms with van der Waals surface area (Å²) in [6.45, 7) is 3.97. The first-order valence-corrected chi connectivity index (χ1v) is 8.42. The van der Waals surface area contributed by atoms with Gasteiger partial charge in [0.25, 0.3) is 0 Å². The Morgan fingerprint density at radius 1 is 1.18 bits per heavy atom. The number of benzene rings is 1. The van der Waals surface area contributed by atoms with Crippen LogP contribution in [0.4, 0.5) is 10.8 Å². The third kappa shape index (κ3) is 3.76. The molecule has 1 aromatic heterocycles. The van der Waals surface area contributed by atoms with Crippen LogP contribution in [0.15, 0.2) is 41.9 Å². The first-order valence-electron chi connectivity index (χ1n) is 7.54. The predicted molar refractivity (Wildman–Crippen MR) is 90.5 cm³/mol. The lowest BCUT2D eigenvalue weighted by atomic mass is 10.2. The average molecular weight is 316 g/mol. The van der Waals surface area contributed by atoms with E-state index in [0.717, 1.165) is 37.0 Å². The monoisotopic (exact) mass is 316 g/mol. The van der Waals surface area contributed by atoms with Crippen molar-refractivity contribution in [1.29, 1.82) is 0 Å². The van der Waals surface area contributed by atoms with Gasteiger partial charge in [0.1, 0.15) is 0 Å². The number of hydrogen-bond donors (Lipinski definition) is 1. The first kappa shape index (κ1) is 14.8. The summed E-state index contributed by atoms with van der Waals surface area (Å²) in [5.41, 5.74) is 1.06. The van der Waals surface area contributed by atoms with Crippen molar-refractivity contribution in [3.63, 3.8) is 0 Å². The Labute approximate surface area is 134 Å². The van der Waals surface area contributed by atoms with E-state index in [9.17, 15) is 4.79 Å². The van der Waals surface area contributed by atoms with Crippen LogP contribution in [-0.2, 0) is 4.79 Å². The van der Waals surface area contributed by atoms with Gasteiger partial charge in [0.05, 0.1) is 0 Å². The van der Waals surface area contributed by atoms with E-state index in [1.165, 1.54) is 0 Å².